The minimum absolute atomic E-state index is 0.0207. The van der Waals surface area contributed by atoms with Crippen LogP contribution in [0.1, 0.15) is 17.3 Å². The Kier molecular flexibility index (Phi) is 5.52. The second-order valence-electron chi connectivity index (χ2n) is 4.95. The van der Waals surface area contributed by atoms with Gasteiger partial charge in [0, 0.05) is 11.3 Å². The molecule has 2 heterocycles. The number of carbonyl (C=O) groups is 2. The molecule has 9 heteroatoms. The van der Waals surface area contributed by atoms with Gasteiger partial charge in [0.25, 0.3) is 11.1 Å². The topological polar surface area (TPSA) is 85.1 Å². The van der Waals surface area contributed by atoms with E-state index in [-0.39, 0.29) is 17.4 Å². The normalized spacial score (nSPS) is 10.6. The molecule has 6 nitrogen and oxygen atoms in total. The molecule has 0 saturated carbocycles. The molecule has 2 aromatic heterocycles. The number of thioether (sulfide) groups is 1. The fraction of sp³-hybridized carbons (Fsp3) is 0.125. The molecule has 0 atom stereocenters. The van der Waals surface area contributed by atoms with Gasteiger partial charge in [-0.05, 0) is 43.3 Å². The molecular formula is C16H12ClN3O3S2. The first-order valence-corrected chi connectivity index (χ1v) is 9.32. The van der Waals surface area contributed by atoms with Gasteiger partial charge in [0.2, 0.25) is 5.91 Å². The lowest BCUT2D eigenvalue weighted by Gasteiger charge is -2.04. The number of nitrogens with one attached hydrogen (secondary N) is 1. The number of hydrogen-bond donors (Lipinski definition) is 1. The maximum atomic E-state index is 12.0. The van der Waals surface area contributed by atoms with Crippen molar-refractivity contribution in [1.29, 1.82) is 0 Å². The number of ketones is 1. The van der Waals surface area contributed by atoms with Crippen molar-refractivity contribution in [3.05, 3.63) is 46.3 Å². The average Bonchev–Trinajstić information content (AvgIpc) is 3.22. The van der Waals surface area contributed by atoms with Gasteiger partial charge in [0.05, 0.1) is 15.0 Å². The SMILES string of the molecule is CC(=O)c1ccc(NC(=O)CSc2nnc(-c3ccc(Cl)s3)o2)cc1. The van der Waals surface area contributed by atoms with Gasteiger partial charge in [0.1, 0.15) is 0 Å². The van der Waals surface area contributed by atoms with E-state index in [0.717, 1.165) is 16.6 Å². The summed E-state index contributed by atoms with van der Waals surface area (Å²) in [6.45, 7) is 1.49. The molecule has 128 valence electrons. The number of aromatic nitrogens is 2. The summed E-state index contributed by atoms with van der Waals surface area (Å²) in [6.07, 6.45) is 0. The van der Waals surface area contributed by atoms with Gasteiger partial charge >= 0.3 is 0 Å². The lowest BCUT2D eigenvalue weighted by atomic mass is 10.1. The number of benzene rings is 1. The van der Waals surface area contributed by atoms with Crippen LogP contribution in [0.15, 0.2) is 46.0 Å². The van der Waals surface area contributed by atoms with Gasteiger partial charge in [-0.1, -0.05) is 23.4 Å². The van der Waals surface area contributed by atoms with Crippen molar-refractivity contribution in [1.82, 2.24) is 10.2 Å². The zero-order valence-corrected chi connectivity index (χ0v) is 15.4. The Morgan fingerprint density at radius 2 is 1.96 bits per heavy atom. The number of hydrogen-bond acceptors (Lipinski definition) is 7. The van der Waals surface area contributed by atoms with Crippen molar-refractivity contribution in [3.8, 4) is 10.8 Å². The van der Waals surface area contributed by atoms with E-state index in [4.69, 9.17) is 16.0 Å². The van der Waals surface area contributed by atoms with Gasteiger partial charge in [-0.25, -0.2) is 0 Å². The van der Waals surface area contributed by atoms with Crippen molar-refractivity contribution >= 4 is 52.1 Å². The highest BCUT2D eigenvalue weighted by molar-refractivity contribution is 7.99. The van der Waals surface area contributed by atoms with Crippen LogP contribution in [0.2, 0.25) is 4.34 Å². The van der Waals surface area contributed by atoms with Crippen LogP contribution in [-0.2, 0) is 4.79 Å². The maximum absolute atomic E-state index is 12.0. The Labute approximate surface area is 156 Å². The smallest absolute Gasteiger partial charge is 0.277 e. The van der Waals surface area contributed by atoms with Gasteiger partial charge in [-0.3, -0.25) is 9.59 Å². The summed E-state index contributed by atoms with van der Waals surface area (Å²) in [5.41, 5.74) is 1.22. The van der Waals surface area contributed by atoms with Crippen LogP contribution in [0.3, 0.4) is 0 Å². The van der Waals surface area contributed by atoms with Crippen LogP contribution in [0.25, 0.3) is 10.8 Å². The number of anilines is 1. The molecule has 3 aromatic rings. The number of nitrogens with zero attached hydrogens (tertiary/aromatic N) is 2. The highest BCUT2D eigenvalue weighted by Gasteiger charge is 2.13. The quantitative estimate of drug-likeness (QED) is 0.494. The molecule has 1 aromatic carbocycles. The molecule has 0 aliphatic carbocycles. The van der Waals surface area contributed by atoms with Crippen LogP contribution < -0.4 is 5.32 Å². The Bertz CT molecular complexity index is 906. The van der Waals surface area contributed by atoms with E-state index in [1.807, 2.05) is 0 Å². The molecule has 1 N–H and O–H groups in total. The lowest BCUT2D eigenvalue weighted by Crippen LogP contribution is -2.14. The van der Waals surface area contributed by atoms with E-state index >= 15 is 0 Å². The summed E-state index contributed by atoms with van der Waals surface area (Å²) in [5, 5.41) is 10.9. The first-order valence-electron chi connectivity index (χ1n) is 7.14. The van der Waals surface area contributed by atoms with Crippen LogP contribution in [0.4, 0.5) is 5.69 Å². The van der Waals surface area contributed by atoms with E-state index in [1.165, 1.54) is 18.3 Å². The fourth-order valence-corrected chi connectivity index (χ4v) is 3.44. The Balaban J connectivity index is 1.54. The molecule has 0 bridgehead atoms. The monoisotopic (exact) mass is 393 g/mol. The molecular weight excluding hydrogens is 382 g/mol. The van der Waals surface area contributed by atoms with Crippen LogP contribution in [-0.4, -0.2) is 27.6 Å². The zero-order valence-electron chi connectivity index (χ0n) is 13.0. The van der Waals surface area contributed by atoms with Crippen molar-refractivity contribution in [3.63, 3.8) is 0 Å². The van der Waals surface area contributed by atoms with Gasteiger partial charge in [-0.2, -0.15) is 0 Å². The second kappa shape index (κ2) is 7.81. The highest BCUT2D eigenvalue weighted by Crippen LogP contribution is 2.31. The first-order chi connectivity index (χ1) is 12.0. The van der Waals surface area contributed by atoms with E-state index < -0.39 is 0 Å². The number of amides is 1. The molecule has 0 radical (unpaired) electrons. The van der Waals surface area contributed by atoms with E-state index in [9.17, 15) is 9.59 Å². The number of halogens is 1. The van der Waals surface area contributed by atoms with E-state index in [0.29, 0.717) is 26.7 Å². The number of carbonyl (C=O) groups excluding carboxylic acids is 2. The van der Waals surface area contributed by atoms with Gasteiger partial charge < -0.3 is 9.73 Å². The van der Waals surface area contributed by atoms with Crippen molar-refractivity contribution in [2.75, 3.05) is 11.1 Å². The molecule has 3 rings (SSSR count). The third-order valence-corrected chi connectivity index (χ3v) is 5.13. The van der Waals surface area contributed by atoms with Crippen LogP contribution in [0, 0.1) is 0 Å². The summed E-state index contributed by atoms with van der Waals surface area (Å²) < 4.78 is 6.14. The molecule has 0 saturated heterocycles. The summed E-state index contributed by atoms with van der Waals surface area (Å²) in [4.78, 5) is 24.0. The Morgan fingerprint density at radius 1 is 1.20 bits per heavy atom. The number of Topliss-reactive ketones (excluding diaryl/α,β-unsaturated/α-hetero) is 1. The fourth-order valence-electron chi connectivity index (χ4n) is 1.91. The molecule has 1 amide bonds. The zero-order chi connectivity index (χ0) is 17.8. The molecule has 25 heavy (non-hydrogen) atoms. The molecule has 0 unspecified atom stereocenters. The summed E-state index contributed by atoms with van der Waals surface area (Å²) in [6, 6.07) is 10.3. The summed E-state index contributed by atoms with van der Waals surface area (Å²) in [7, 11) is 0. The van der Waals surface area contributed by atoms with Crippen LogP contribution in [0.5, 0.6) is 0 Å². The van der Waals surface area contributed by atoms with Crippen molar-refractivity contribution in [2.24, 2.45) is 0 Å². The minimum Gasteiger partial charge on any atom is -0.410 e. The molecule has 0 fully saturated rings. The molecule has 0 aliphatic rings. The second-order valence-corrected chi connectivity index (χ2v) is 7.59. The highest BCUT2D eigenvalue weighted by atomic mass is 35.5. The third kappa shape index (κ3) is 4.68. The lowest BCUT2D eigenvalue weighted by molar-refractivity contribution is -0.113. The van der Waals surface area contributed by atoms with Gasteiger partial charge in [0.15, 0.2) is 5.78 Å². The van der Waals surface area contributed by atoms with E-state index in [2.05, 4.69) is 15.5 Å². The number of thiophene rings is 1. The largest absolute Gasteiger partial charge is 0.410 e. The predicted octanol–water partition coefficient (Wildman–Crippen LogP) is 4.38. The molecule has 0 spiro atoms. The third-order valence-electron chi connectivity index (χ3n) is 3.09. The predicted molar refractivity (Wildman–Crippen MR) is 98.4 cm³/mol. The summed E-state index contributed by atoms with van der Waals surface area (Å²) >= 11 is 8.36. The van der Waals surface area contributed by atoms with Gasteiger partial charge in [-0.15, -0.1) is 21.5 Å². The Morgan fingerprint density at radius 3 is 2.60 bits per heavy atom. The standard InChI is InChI=1S/C16H12ClN3O3S2/c1-9(21)10-2-4-11(5-3-10)18-14(22)8-24-16-20-19-15(23-16)12-6-7-13(17)25-12/h2-7H,8H2,1H3,(H,18,22). The molecule has 0 aliphatic heterocycles. The maximum Gasteiger partial charge on any atom is 0.277 e. The van der Waals surface area contributed by atoms with Crippen molar-refractivity contribution in [2.45, 2.75) is 12.1 Å². The minimum atomic E-state index is -0.209. The summed E-state index contributed by atoms with van der Waals surface area (Å²) in [5.74, 6) is 0.271. The first kappa shape index (κ1) is 17.7. The van der Waals surface area contributed by atoms with Crippen LogP contribution >= 0.6 is 34.7 Å². The number of rotatable bonds is 6. The Hall–Kier alpha value is -2.16. The van der Waals surface area contributed by atoms with Crippen molar-refractivity contribution < 1.29 is 14.0 Å². The average molecular weight is 394 g/mol. The van der Waals surface area contributed by atoms with E-state index in [1.54, 1.807) is 36.4 Å².